The molecule has 98 valence electrons. The van der Waals surface area contributed by atoms with Crippen LogP contribution in [0.2, 0.25) is 0 Å². The van der Waals surface area contributed by atoms with E-state index in [1.807, 2.05) is 12.1 Å². The highest BCUT2D eigenvalue weighted by Crippen LogP contribution is 2.25. The van der Waals surface area contributed by atoms with Crippen molar-refractivity contribution in [2.75, 3.05) is 5.32 Å². The van der Waals surface area contributed by atoms with Crippen molar-refractivity contribution < 1.29 is 0 Å². The van der Waals surface area contributed by atoms with Gasteiger partial charge in [-0.05, 0) is 52.3 Å². The predicted octanol–water partition coefficient (Wildman–Crippen LogP) is 4.16. The zero-order chi connectivity index (χ0) is 13.9. The van der Waals surface area contributed by atoms with Gasteiger partial charge in [-0.2, -0.15) is 0 Å². The molecule has 0 fully saturated rings. The molecule has 3 aromatic carbocycles. The lowest BCUT2D eigenvalue weighted by Crippen LogP contribution is -2.18. The Bertz CT molecular complexity index is 763. The van der Waals surface area contributed by atoms with Gasteiger partial charge in [0.1, 0.15) is 0 Å². The van der Waals surface area contributed by atoms with Gasteiger partial charge in [-0.3, -0.25) is 0 Å². The number of nitrogens with two attached hydrogens (primary N) is 1. The van der Waals surface area contributed by atoms with Crippen molar-refractivity contribution in [2.24, 2.45) is 5.73 Å². The summed E-state index contributed by atoms with van der Waals surface area (Å²) in [6, 6.07) is 22.9. The van der Waals surface area contributed by atoms with Crippen molar-refractivity contribution in [3.63, 3.8) is 0 Å². The summed E-state index contributed by atoms with van der Waals surface area (Å²) in [5, 5.41) is 5.70. The summed E-state index contributed by atoms with van der Waals surface area (Å²) in [7, 11) is 0. The molecular weight excluding hydrogens is 264 g/mol. The number of benzene rings is 3. The molecule has 0 aliphatic carbocycles. The van der Waals surface area contributed by atoms with Crippen LogP contribution in [0.25, 0.3) is 21.9 Å². The number of hydrogen-bond acceptors (Lipinski definition) is 1. The molecule has 3 rings (SSSR count). The molecule has 20 heavy (non-hydrogen) atoms. The summed E-state index contributed by atoms with van der Waals surface area (Å²) in [6.07, 6.45) is 0. The fourth-order valence-electron chi connectivity index (χ4n) is 2.26. The molecule has 3 heteroatoms. The number of thiocarbonyl (C=S) groups is 1. The van der Waals surface area contributed by atoms with Crippen molar-refractivity contribution in [2.45, 2.75) is 0 Å². The maximum atomic E-state index is 5.46. The number of fused-ring (bicyclic) bond motifs is 1. The van der Waals surface area contributed by atoms with E-state index >= 15 is 0 Å². The molecule has 0 aliphatic rings. The van der Waals surface area contributed by atoms with E-state index in [0.717, 1.165) is 5.69 Å². The van der Waals surface area contributed by atoms with Gasteiger partial charge in [0.05, 0.1) is 0 Å². The van der Waals surface area contributed by atoms with E-state index in [-0.39, 0.29) is 5.11 Å². The summed E-state index contributed by atoms with van der Waals surface area (Å²) in [6.45, 7) is 0. The summed E-state index contributed by atoms with van der Waals surface area (Å²) in [5.41, 5.74) is 8.73. The molecule has 0 atom stereocenters. The highest BCUT2D eigenvalue weighted by molar-refractivity contribution is 7.80. The van der Waals surface area contributed by atoms with Crippen LogP contribution in [0.3, 0.4) is 0 Å². The zero-order valence-electron chi connectivity index (χ0n) is 10.8. The average molecular weight is 278 g/mol. The van der Waals surface area contributed by atoms with Gasteiger partial charge < -0.3 is 11.1 Å². The Morgan fingerprint density at radius 1 is 0.800 bits per heavy atom. The third-order valence-corrected chi connectivity index (χ3v) is 3.34. The van der Waals surface area contributed by atoms with E-state index in [1.54, 1.807) is 0 Å². The van der Waals surface area contributed by atoms with Crippen molar-refractivity contribution >= 4 is 33.8 Å². The second-order valence-corrected chi connectivity index (χ2v) is 5.07. The standard InChI is InChI=1S/C17H14N2S/c18-17(20)19-16-9-7-13(8-10-16)15-6-5-12-3-1-2-4-14(12)11-15/h1-11H,(H3,18,19,20). The molecule has 0 aromatic heterocycles. The lowest BCUT2D eigenvalue weighted by Gasteiger charge is -2.07. The van der Waals surface area contributed by atoms with Crippen LogP contribution in [0.15, 0.2) is 66.7 Å². The highest BCUT2D eigenvalue weighted by Gasteiger charge is 2.00. The molecule has 0 spiro atoms. The first-order valence-electron chi connectivity index (χ1n) is 6.38. The molecule has 0 radical (unpaired) electrons. The van der Waals surface area contributed by atoms with Gasteiger partial charge >= 0.3 is 0 Å². The summed E-state index contributed by atoms with van der Waals surface area (Å²) in [4.78, 5) is 0. The Kier molecular flexibility index (Phi) is 3.35. The predicted molar refractivity (Wildman–Crippen MR) is 89.8 cm³/mol. The minimum atomic E-state index is 0.281. The van der Waals surface area contributed by atoms with Crippen LogP contribution in [0, 0.1) is 0 Å². The molecule has 0 aliphatic heterocycles. The van der Waals surface area contributed by atoms with Crippen molar-refractivity contribution in [1.82, 2.24) is 0 Å². The van der Waals surface area contributed by atoms with E-state index in [9.17, 15) is 0 Å². The monoisotopic (exact) mass is 278 g/mol. The third-order valence-electron chi connectivity index (χ3n) is 3.24. The molecule has 2 nitrogen and oxygen atoms in total. The van der Waals surface area contributed by atoms with Crippen molar-refractivity contribution in [3.05, 3.63) is 66.7 Å². The number of anilines is 1. The Labute approximate surface area is 123 Å². The lowest BCUT2D eigenvalue weighted by atomic mass is 10.0. The first kappa shape index (κ1) is 12.6. The number of nitrogens with one attached hydrogen (secondary N) is 1. The smallest absolute Gasteiger partial charge is 0.168 e. The quantitative estimate of drug-likeness (QED) is 0.691. The largest absolute Gasteiger partial charge is 0.376 e. The minimum absolute atomic E-state index is 0.281. The van der Waals surface area contributed by atoms with Crippen LogP contribution in [-0.2, 0) is 0 Å². The lowest BCUT2D eigenvalue weighted by molar-refractivity contribution is 1.59. The third kappa shape index (κ3) is 2.63. The first-order valence-corrected chi connectivity index (χ1v) is 6.79. The van der Waals surface area contributed by atoms with E-state index in [4.69, 9.17) is 18.0 Å². The summed E-state index contributed by atoms with van der Waals surface area (Å²) in [5.74, 6) is 0. The van der Waals surface area contributed by atoms with Gasteiger partial charge in [-0.25, -0.2) is 0 Å². The average Bonchev–Trinajstić information content (AvgIpc) is 2.47. The van der Waals surface area contributed by atoms with Crippen LogP contribution in [0.4, 0.5) is 5.69 Å². The van der Waals surface area contributed by atoms with Gasteiger partial charge in [0.25, 0.3) is 0 Å². The second kappa shape index (κ2) is 5.31. The van der Waals surface area contributed by atoms with Crippen LogP contribution >= 0.6 is 12.2 Å². The fraction of sp³-hybridized carbons (Fsp3) is 0. The summed E-state index contributed by atoms with van der Waals surface area (Å²) < 4.78 is 0. The van der Waals surface area contributed by atoms with Crippen molar-refractivity contribution in [3.8, 4) is 11.1 Å². The van der Waals surface area contributed by atoms with E-state index in [1.165, 1.54) is 21.9 Å². The van der Waals surface area contributed by atoms with Crippen LogP contribution in [-0.4, -0.2) is 5.11 Å². The van der Waals surface area contributed by atoms with Crippen LogP contribution < -0.4 is 11.1 Å². The molecule has 0 heterocycles. The summed E-state index contributed by atoms with van der Waals surface area (Å²) >= 11 is 4.82. The number of hydrogen-bond donors (Lipinski definition) is 2. The SMILES string of the molecule is NC(=S)Nc1ccc(-c2ccc3ccccc3c2)cc1. The first-order chi connectivity index (χ1) is 9.72. The minimum Gasteiger partial charge on any atom is -0.376 e. The van der Waals surface area contributed by atoms with Crippen LogP contribution in [0.5, 0.6) is 0 Å². The molecule has 3 N–H and O–H groups in total. The molecule has 0 unspecified atom stereocenters. The van der Waals surface area contributed by atoms with Crippen molar-refractivity contribution in [1.29, 1.82) is 0 Å². The highest BCUT2D eigenvalue weighted by atomic mass is 32.1. The molecule has 0 saturated carbocycles. The van der Waals surface area contributed by atoms with E-state index in [0.29, 0.717) is 0 Å². The van der Waals surface area contributed by atoms with Gasteiger partial charge in [0.15, 0.2) is 5.11 Å². The number of rotatable bonds is 2. The Morgan fingerprint density at radius 2 is 1.45 bits per heavy atom. The van der Waals surface area contributed by atoms with Gasteiger partial charge in [-0.15, -0.1) is 0 Å². The molecule has 0 saturated heterocycles. The zero-order valence-corrected chi connectivity index (χ0v) is 11.7. The molecule has 0 amide bonds. The van der Waals surface area contributed by atoms with E-state index in [2.05, 4.69) is 59.9 Å². The van der Waals surface area contributed by atoms with Gasteiger partial charge in [-0.1, -0.05) is 48.5 Å². The second-order valence-electron chi connectivity index (χ2n) is 4.63. The topological polar surface area (TPSA) is 38.0 Å². The van der Waals surface area contributed by atoms with Gasteiger partial charge in [0, 0.05) is 5.69 Å². The maximum absolute atomic E-state index is 5.46. The molecular formula is C17H14N2S. The van der Waals surface area contributed by atoms with E-state index < -0.39 is 0 Å². The Balaban J connectivity index is 1.96. The molecule has 3 aromatic rings. The van der Waals surface area contributed by atoms with Crippen LogP contribution in [0.1, 0.15) is 0 Å². The Hall–Kier alpha value is -2.39. The Morgan fingerprint density at radius 3 is 2.15 bits per heavy atom. The fourth-order valence-corrected chi connectivity index (χ4v) is 2.38. The molecule has 0 bridgehead atoms. The van der Waals surface area contributed by atoms with Gasteiger partial charge in [0.2, 0.25) is 0 Å². The normalized spacial score (nSPS) is 10.4. The maximum Gasteiger partial charge on any atom is 0.168 e.